The number of aromatic amines is 1. The molecular weight excluding hydrogens is 246 g/mol. The number of esters is 2. The molecule has 1 aromatic heterocycles. The Labute approximate surface area is 109 Å². The number of benzene rings is 1. The minimum atomic E-state index is -0.579. The Morgan fingerprint density at radius 2 is 2.16 bits per heavy atom. The fraction of sp³-hybridized carbons (Fsp3) is 0.286. The van der Waals surface area contributed by atoms with Gasteiger partial charge >= 0.3 is 11.9 Å². The number of cyclic esters (lactones) is 2. The van der Waals surface area contributed by atoms with Gasteiger partial charge in [-0.3, -0.25) is 9.59 Å². The molecule has 1 saturated heterocycles. The van der Waals surface area contributed by atoms with Crippen LogP contribution in [-0.2, 0) is 14.3 Å². The third kappa shape index (κ3) is 1.87. The van der Waals surface area contributed by atoms with Gasteiger partial charge in [0.05, 0.1) is 18.9 Å². The molecule has 2 heterocycles. The Bertz CT molecular complexity index is 659. The summed E-state index contributed by atoms with van der Waals surface area (Å²) in [5.41, 5.74) is 1.60. The number of hydrogen-bond donors (Lipinski definition) is 1. The van der Waals surface area contributed by atoms with E-state index in [-0.39, 0.29) is 6.42 Å². The topological polar surface area (TPSA) is 68.4 Å². The van der Waals surface area contributed by atoms with Gasteiger partial charge in [0.1, 0.15) is 0 Å². The van der Waals surface area contributed by atoms with Crippen LogP contribution in [0.2, 0.25) is 0 Å². The Kier molecular flexibility index (Phi) is 2.74. The third-order valence-corrected chi connectivity index (χ3v) is 3.22. The Hall–Kier alpha value is -2.30. The van der Waals surface area contributed by atoms with E-state index in [0.717, 1.165) is 10.9 Å². The fourth-order valence-corrected chi connectivity index (χ4v) is 2.44. The van der Waals surface area contributed by atoms with Crippen LogP contribution in [-0.4, -0.2) is 23.5 Å². The van der Waals surface area contributed by atoms with Gasteiger partial charge in [0, 0.05) is 16.5 Å². The summed E-state index contributed by atoms with van der Waals surface area (Å²) in [5, 5.41) is 0.891. The van der Waals surface area contributed by atoms with Gasteiger partial charge < -0.3 is 14.5 Å². The molecule has 0 saturated carbocycles. The van der Waals surface area contributed by atoms with Crippen molar-refractivity contribution >= 4 is 22.8 Å². The van der Waals surface area contributed by atoms with Crippen molar-refractivity contribution in [2.75, 3.05) is 6.61 Å². The van der Waals surface area contributed by atoms with Crippen molar-refractivity contribution < 1.29 is 19.1 Å². The highest BCUT2D eigenvalue weighted by Gasteiger charge is 2.38. The highest BCUT2D eigenvalue weighted by atomic mass is 16.6. The predicted molar refractivity (Wildman–Crippen MR) is 67.9 cm³/mol. The van der Waals surface area contributed by atoms with E-state index in [2.05, 4.69) is 9.72 Å². The summed E-state index contributed by atoms with van der Waals surface area (Å²) in [5.74, 6) is -1.02. The number of nitrogens with one attached hydrogen (secondary N) is 1. The number of carbonyl (C=O) groups excluding carboxylic acids is 2. The van der Waals surface area contributed by atoms with Gasteiger partial charge in [-0.25, -0.2) is 0 Å². The lowest BCUT2D eigenvalue weighted by Gasteiger charge is -2.07. The molecule has 5 nitrogen and oxygen atoms in total. The summed E-state index contributed by atoms with van der Waals surface area (Å²) in [6.07, 6.45) is 0.0702. The standard InChI is InChI=1S/C14H13NO4/c1-2-18-13-12(9-7-11(16)19-14(9)17)8-5-3-4-6-10(8)15-13/h3-6,9,15H,2,7H2,1H3. The number of H-pyrrole nitrogens is 1. The van der Waals surface area contributed by atoms with E-state index in [0.29, 0.717) is 18.1 Å². The molecule has 3 rings (SSSR count). The number of para-hydroxylation sites is 1. The van der Waals surface area contributed by atoms with Crippen molar-refractivity contribution in [1.82, 2.24) is 4.98 Å². The van der Waals surface area contributed by atoms with Crippen molar-refractivity contribution in [1.29, 1.82) is 0 Å². The Balaban J connectivity index is 2.17. The van der Waals surface area contributed by atoms with Crippen LogP contribution in [0.15, 0.2) is 24.3 Å². The van der Waals surface area contributed by atoms with E-state index >= 15 is 0 Å². The summed E-state index contributed by atoms with van der Waals surface area (Å²) >= 11 is 0. The summed E-state index contributed by atoms with van der Waals surface area (Å²) in [7, 11) is 0. The average molecular weight is 259 g/mol. The lowest BCUT2D eigenvalue weighted by molar-refractivity contribution is -0.152. The molecule has 0 aliphatic carbocycles. The van der Waals surface area contributed by atoms with Crippen LogP contribution in [0.4, 0.5) is 0 Å². The zero-order valence-electron chi connectivity index (χ0n) is 10.4. The molecule has 0 spiro atoms. The molecule has 1 N–H and O–H groups in total. The van der Waals surface area contributed by atoms with Crippen LogP contribution >= 0.6 is 0 Å². The lowest BCUT2D eigenvalue weighted by Crippen LogP contribution is -2.07. The minimum Gasteiger partial charge on any atom is -0.479 e. The van der Waals surface area contributed by atoms with Gasteiger partial charge in [0.25, 0.3) is 0 Å². The lowest BCUT2D eigenvalue weighted by atomic mass is 9.96. The average Bonchev–Trinajstić information content (AvgIpc) is 2.89. The Morgan fingerprint density at radius 1 is 1.37 bits per heavy atom. The number of hydrogen-bond acceptors (Lipinski definition) is 4. The molecule has 1 atom stereocenters. The van der Waals surface area contributed by atoms with Crippen LogP contribution in [0.1, 0.15) is 24.8 Å². The number of ether oxygens (including phenoxy) is 2. The second kappa shape index (κ2) is 4.42. The molecule has 1 fully saturated rings. The molecule has 2 aromatic rings. The van der Waals surface area contributed by atoms with Crippen molar-refractivity contribution in [3.63, 3.8) is 0 Å². The molecule has 1 aliphatic rings. The first-order valence-corrected chi connectivity index (χ1v) is 6.18. The normalized spacial score (nSPS) is 18.9. The quantitative estimate of drug-likeness (QED) is 0.677. The minimum absolute atomic E-state index is 0.0702. The molecule has 5 heteroatoms. The maximum Gasteiger partial charge on any atom is 0.321 e. The SMILES string of the molecule is CCOc1[nH]c2ccccc2c1C1CC(=O)OC1=O. The van der Waals surface area contributed by atoms with E-state index in [1.165, 1.54) is 0 Å². The molecule has 0 amide bonds. The molecule has 1 unspecified atom stereocenters. The first-order valence-electron chi connectivity index (χ1n) is 6.18. The Morgan fingerprint density at radius 3 is 2.84 bits per heavy atom. The molecule has 19 heavy (non-hydrogen) atoms. The first kappa shape index (κ1) is 11.8. The van der Waals surface area contributed by atoms with Crippen LogP contribution in [0, 0.1) is 0 Å². The second-order valence-corrected chi connectivity index (χ2v) is 4.40. The predicted octanol–water partition coefficient (Wildman–Crippen LogP) is 2.12. The van der Waals surface area contributed by atoms with Gasteiger partial charge in [-0.05, 0) is 13.0 Å². The van der Waals surface area contributed by atoms with Crippen LogP contribution in [0.3, 0.4) is 0 Å². The number of rotatable bonds is 3. The van der Waals surface area contributed by atoms with Gasteiger partial charge in [-0.1, -0.05) is 18.2 Å². The van der Waals surface area contributed by atoms with E-state index < -0.39 is 17.9 Å². The molecule has 0 bridgehead atoms. The van der Waals surface area contributed by atoms with Gasteiger partial charge in [-0.15, -0.1) is 0 Å². The fourth-order valence-electron chi connectivity index (χ4n) is 2.44. The van der Waals surface area contributed by atoms with Crippen molar-refractivity contribution in [2.24, 2.45) is 0 Å². The van der Waals surface area contributed by atoms with Crippen molar-refractivity contribution in [2.45, 2.75) is 19.3 Å². The maximum absolute atomic E-state index is 11.8. The first-order chi connectivity index (χ1) is 9.20. The van der Waals surface area contributed by atoms with E-state index in [1.807, 2.05) is 31.2 Å². The van der Waals surface area contributed by atoms with E-state index in [1.54, 1.807) is 0 Å². The summed E-state index contributed by atoms with van der Waals surface area (Å²) < 4.78 is 10.2. The van der Waals surface area contributed by atoms with Crippen molar-refractivity contribution in [3.8, 4) is 5.88 Å². The van der Waals surface area contributed by atoms with Crippen LogP contribution in [0.25, 0.3) is 10.9 Å². The van der Waals surface area contributed by atoms with Gasteiger partial charge in [0.2, 0.25) is 0 Å². The van der Waals surface area contributed by atoms with Gasteiger partial charge in [-0.2, -0.15) is 0 Å². The highest BCUT2D eigenvalue weighted by molar-refractivity contribution is 6.01. The number of fused-ring (bicyclic) bond motifs is 1. The molecule has 1 aliphatic heterocycles. The third-order valence-electron chi connectivity index (χ3n) is 3.22. The molecule has 0 radical (unpaired) electrons. The summed E-state index contributed by atoms with van der Waals surface area (Å²) in [6.45, 7) is 2.35. The monoisotopic (exact) mass is 259 g/mol. The largest absolute Gasteiger partial charge is 0.479 e. The molecule has 1 aromatic carbocycles. The van der Waals surface area contributed by atoms with E-state index in [4.69, 9.17) is 4.74 Å². The summed E-state index contributed by atoms with van der Waals surface area (Å²) in [4.78, 5) is 26.2. The number of aromatic nitrogens is 1. The van der Waals surface area contributed by atoms with E-state index in [9.17, 15) is 9.59 Å². The zero-order chi connectivity index (χ0) is 13.4. The molecular formula is C14H13NO4. The maximum atomic E-state index is 11.8. The summed E-state index contributed by atoms with van der Waals surface area (Å²) in [6, 6.07) is 7.59. The number of carbonyl (C=O) groups is 2. The van der Waals surface area contributed by atoms with Crippen LogP contribution < -0.4 is 4.74 Å². The smallest absolute Gasteiger partial charge is 0.321 e. The highest BCUT2D eigenvalue weighted by Crippen LogP contribution is 2.39. The van der Waals surface area contributed by atoms with Crippen LogP contribution in [0.5, 0.6) is 5.88 Å². The second-order valence-electron chi connectivity index (χ2n) is 4.40. The zero-order valence-corrected chi connectivity index (χ0v) is 10.4. The molecule has 98 valence electrons. The van der Waals surface area contributed by atoms with Crippen molar-refractivity contribution in [3.05, 3.63) is 29.8 Å². The van der Waals surface area contributed by atoms with Gasteiger partial charge in [0.15, 0.2) is 5.88 Å².